The van der Waals surface area contributed by atoms with E-state index in [1.165, 1.54) is 57.4 Å². The Morgan fingerprint density at radius 3 is 2.38 bits per heavy atom. The highest BCUT2D eigenvalue weighted by Crippen LogP contribution is 2.32. The number of thioether (sulfide) groups is 1. The Hall–Kier alpha value is -2.23. The lowest BCUT2D eigenvalue weighted by Crippen LogP contribution is -2.13. The molecule has 0 aromatic heterocycles. The average molecular weight is 406 g/mol. The van der Waals surface area contributed by atoms with Gasteiger partial charge in [0.15, 0.2) is 0 Å². The lowest BCUT2D eigenvalue weighted by atomic mass is 9.80. The topological polar surface area (TPSA) is 23.8 Å². The minimum atomic E-state index is -0.358. The summed E-state index contributed by atoms with van der Waals surface area (Å²) in [6.07, 6.45) is 10.6. The van der Waals surface area contributed by atoms with E-state index in [0.717, 1.165) is 34.4 Å². The normalized spacial score (nSPS) is 18.5. The minimum absolute atomic E-state index is 0.358. The van der Waals surface area contributed by atoms with Gasteiger partial charge in [-0.25, -0.2) is 4.39 Å². The van der Waals surface area contributed by atoms with Crippen molar-refractivity contribution < 1.29 is 4.39 Å². The minimum Gasteiger partial charge on any atom is -0.206 e. The molecule has 2 aromatic rings. The maximum atomic E-state index is 14.0. The first-order valence-corrected chi connectivity index (χ1v) is 11.5. The van der Waals surface area contributed by atoms with Crippen molar-refractivity contribution in [3.05, 3.63) is 53.8 Å². The molecule has 0 spiro atoms. The quantitative estimate of drug-likeness (QED) is 0.212. The summed E-state index contributed by atoms with van der Waals surface area (Å²) in [6, 6.07) is 13.0. The molecule has 3 rings (SSSR count). The molecule has 0 radical (unpaired) electrons. The molecule has 29 heavy (non-hydrogen) atoms. The molecule has 0 amide bonds. The Bertz CT molecular complexity index is 893. The largest absolute Gasteiger partial charge is 0.206 e. The molecule has 1 aliphatic rings. The van der Waals surface area contributed by atoms with Crippen LogP contribution in [0.3, 0.4) is 0 Å². The molecular formula is C26H28FNS. The van der Waals surface area contributed by atoms with Crippen molar-refractivity contribution in [1.29, 1.82) is 5.26 Å². The third-order valence-corrected chi connectivity index (χ3v) is 6.43. The number of nitriles is 1. The predicted octanol–water partition coefficient (Wildman–Crippen LogP) is 7.80. The first-order chi connectivity index (χ1) is 14.2. The zero-order valence-corrected chi connectivity index (χ0v) is 17.9. The number of hydrogen-bond donors (Lipinski definition) is 0. The lowest BCUT2D eigenvalue weighted by molar-refractivity contribution is 0.294. The van der Waals surface area contributed by atoms with Crippen molar-refractivity contribution in [1.82, 2.24) is 0 Å². The third kappa shape index (κ3) is 6.38. The summed E-state index contributed by atoms with van der Waals surface area (Å²) in [7, 11) is 0. The second-order valence-corrected chi connectivity index (χ2v) is 8.73. The molecule has 0 saturated heterocycles. The average Bonchev–Trinajstić information content (AvgIpc) is 2.75. The van der Waals surface area contributed by atoms with Gasteiger partial charge in [0.1, 0.15) is 11.2 Å². The molecule has 1 saturated carbocycles. The van der Waals surface area contributed by atoms with Crippen LogP contribution in [0.1, 0.15) is 63.9 Å². The molecule has 1 fully saturated rings. The van der Waals surface area contributed by atoms with Crippen LogP contribution in [0, 0.1) is 40.2 Å². The molecule has 0 aliphatic heterocycles. The van der Waals surface area contributed by atoms with Crippen LogP contribution in [-0.2, 0) is 0 Å². The van der Waals surface area contributed by atoms with Gasteiger partial charge < -0.3 is 0 Å². The number of unbranched alkanes of at least 4 members (excludes halogenated alkanes) is 2. The van der Waals surface area contributed by atoms with Gasteiger partial charge in [-0.05, 0) is 78.8 Å². The summed E-state index contributed by atoms with van der Waals surface area (Å²) in [4.78, 5) is 0.360. The highest BCUT2D eigenvalue weighted by atomic mass is 32.2. The van der Waals surface area contributed by atoms with Crippen LogP contribution in [-0.4, -0.2) is 0 Å². The summed E-state index contributed by atoms with van der Waals surface area (Å²) >= 11 is 0.845. The molecular weight excluding hydrogens is 377 g/mol. The number of thiocyanates is 1. The summed E-state index contributed by atoms with van der Waals surface area (Å²) in [6.45, 7) is 2.27. The Balaban J connectivity index is 1.56. The smallest absolute Gasteiger partial charge is 0.138 e. The molecule has 150 valence electrons. The van der Waals surface area contributed by atoms with E-state index < -0.39 is 0 Å². The van der Waals surface area contributed by atoms with Gasteiger partial charge in [-0.1, -0.05) is 62.6 Å². The summed E-state index contributed by atoms with van der Waals surface area (Å²) < 4.78 is 14.0. The van der Waals surface area contributed by atoms with Gasteiger partial charge in [-0.2, -0.15) is 5.26 Å². The number of benzene rings is 2. The number of nitrogens with zero attached hydrogens (tertiary/aromatic N) is 1. The van der Waals surface area contributed by atoms with Gasteiger partial charge >= 0.3 is 0 Å². The molecule has 1 nitrogen and oxygen atoms in total. The molecule has 0 N–H and O–H groups in total. The van der Waals surface area contributed by atoms with Crippen molar-refractivity contribution in [3.8, 4) is 28.4 Å². The standard InChI is InChI=1S/C26H28FNS/c1-2-3-4-5-20-6-8-21(9-7-20)10-11-22-12-14-23(15-13-22)24-16-17-26(29-19-28)25(27)18-24/h12-18,20-21H,2-9H2,1H3. The highest BCUT2D eigenvalue weighted by molar-refractivity contribution is 8.03. The van der Waals surface area contributed by atoms with Crippen molar-refractivity contribution >= 4 is 11.8 Å². The van der Waals surface area contributed by atoms with E-state index in [1.807, 2.05) is 35.7 Å². The number of hydrogen-bond acceptors (Lipinski definition) is 2. The second kappa shape index (κ2) is 11.1. The van der Waals surface area contributed by atoms with Crippen LogP contribution in [0.25, 0.3) is 11.1 Å². The van der Waals surface area contributed by atoms with E-state index in [9.17, 15) is 4.39 Å². The lowest BCUT2D eigenvalue weighted by Gasteiger charge is -2.25. The van der Waals surface area contributed by atoms with Crippen LogP contribution < -0.4 is 0 Å². The fourth-order valence-electron chi connectivity index (χ4n) is 4.02. The van der Waals surface area contributed by atoms with Crippen LogP contribution in [0.15, 0.2) is 47.4 Å². The molecule has 0 bridgehead atoms. The summed E-state index contributed by atoms with van der Waals surface area (Å²) in [5.74, 6) is 7.89. The fourth-order valence-corrected chi connectivity index (χ4v) is 4.41. The zero-order valence-electron chi connectivity index (χ0n) is 17.1. The molecule has 2 aromatic carbocycles. The van der Waals surface area contributed by atoms with E-state index in [-0.39, 0.29) is 5.82 Å². The van der Waals surface area contributed by atoms with Gasteiger partial charge in [-0.15, -0.1) is 0 Å². The first-order valence-electron chi connectivity index (χ1n) is 10.7. The van der Waals surface area contributed by atoms with E-state index in [0.29, 0.717) is 10.8 Å². The van der Waals surface area contributed by atoms with E-state index in [4.69, 9.17) is 5.26 Å². The number of rotatable bonds is 6. The van der Waals surface area contributed by atoms with Gasteiger partial charge in [0, 0.05) is 11.5 Å². The van der Waals surface area contributed by atoms with Gasteiger partial charge in [0.25, 0.3) is 0 Å². The summed E-state index contributed by atoms with van der Waals surface area (Å²) in [5.41, 5.74) is 2.78. The Morgan fingerprint density at radius 1 is 1.00 bits per heavy atom. The SMILES string of the molecule is CCCCCC1CCC(C#Cc2ccc(-c3ccc(SC#N)c(F)c3)cc2)CC1. The van der Waals surface area contributed by atoms with E-state index >= 15 is 0 Å². The van der Waals surface area contributed by atoms with Gasteiger partial charge in [0.05, 0.1) is 4.90 Å². The van der Waals surface area contributed by atoms with Crippen LogP contribution in [0.4, 0.5) is 4.39 Å². The van der Waals surface area contributed by atoms with Crippen molar-refractivity contribution in [2.24, 2.45) is 11.8 Å². The van der Waals surface area contributed by atoms with Crippen molar-refractivity contribution in [3.63, 3.8) is 0 Å². The maximum Gasteiger partial charge on any atom is 0.138 e. The number of halogens is 1. The monoisotopic (exact) mass is 405 g/mol. The fraction of sp³-hybridized carbons (Fsp3) is 0.423. The Labute approximate surface area is 178 Å². The first kappa shape index (κ1) is 21.5. The Kier molecular flexibility index (Phi) is 8.21. The van der Waals surface area contributed by atoms with Crippen molar-refractivity contribution in [2.75, 3.05) is 0 Å². The van der Waals surface area contributed by atoms with Crippen LogP contribution in [0.5, 0.6) is 0 Å². The van der Waals surface area contributed by atoms with E-state index in [2.05, 4.69) is 18.8 Å². The third-order valence-electron chi connectivity index (χ3n) is 5.79. The molecule has 1 aliphatic carbocycles. The second-order valence-electron chi connectivity index (χ2n) is 7.90. The van der Waals surface area contributed by atoms with Crippen molar-refractivity contribution in [2.45, 2.75) is 63.2 Å². The van der Waals surface area contributed by atoms with E-state index in [1.54, 1.807) is 6.07 Å². The highest BCUT2D eigenvalue weighted by Gasteiger charge is 2.19. The zero-order chi connectivity index (χ0) is 20.5. The summed E-state index contributed by atoms with van der Waals surface area (Å²) in [5, 5.41) is 10.6. The predicted molar refractivity (Wildman–Crippen MR) is 120 cm³/mol. The van der Waals surface area contributed by atoms with Crippen LogP contribution in [0.2, 0.25) is 0 Å². The van der Waals surface area contributed by atoms with Crippen LogP contribution >= 0.6 is 11.8 Å². The molecule has 3 heteroatoms. The molecule has 0 heterocycles. The maximum absolute atomic E-state index is 14.0. The molecule has 0 atom stereocenters. The Morgan fingerprint density at radius 2 is 1.72 bits per heavy atom. The van der Waals surface area contributed by atoms with Gasteiger partial charge in [-0.3, -0.25) is 0 Å². The molecule has 0 unspecified atom stereocenters. The van der Waals surface area contributed by atoms with Gasteiger partial charge in [0.2, 0.25) is 0 Å².